The molecule has 0 radical (unpaired) electrons. The van der Waals surface area contributed by atoms with Crippen LogP contribution in [-0.2, 0) is 4.79 Å². The molecule has 0 fully saturated rings. The molecule has 2 aromatic rings. The van der Waals surface area contributed by atoms with Crippen LogP contribution in [0, 0.1) is 0 Å². The molecule has 2 heterocycles. The van der Waals surface area contributed by atoms with Crippen LogP contribution in [0.1, 0.15) is 21.7 Å². The van der Waals surface area contributed by atoms with Gasteiger partial charge in [0.05, 0.1) is 6.26 Å². The van der Waals surface area contributed by atoms with Crippen molar-refractivity contribution in [2.45, 2.75) is 0 Å². The summed E-state index contributed by atoms with van der Waals surface area (Å²) >= 11 is 0. The third kappa shape index (κ3) is 2.19. The first-order valence-corrected chi connectivity index (χ1v) is 6.12. The van der Waals surface area contributed by atoms with E-state index in [0.29, 0.717) is 22.5 Å². The quantitative estimate of drug-likeness (QED) is 0.670. The SMILES string of the molecule is O=C1NC(=O)c2ccccc2/C1=C/C=C/c1ccco1. The molecule has 2 amide bonds. The second-order valence-corrected chi connectivity index (χ2v) is 4.28. The minimum Gasteiger partial charge on any atom is -0.465 e. The van der Waals surface area contributed by atoms with Crippen LogP contribution < -0.4 is 5.32 Å². The van der Waals surface area contributed by atoms with Gasteiger partial charge in [0.15, 0.2) is 0 Å². The Morgan fingerprint density at radius 2 is 1.75 bits per heavy atom. The molecule has 0 saturated heterocycles. The molecule has 1 aliphatic heterocycles. The van der Waals surface area contributed by atoms with Gasteiger partial charge >= 0.3 is 0 Å². The number of hydrogen-bond acceptors (Lipinski definition) is 3. The maximum absolute atomic E-state index is 11.9. The number of imide groups is 1. The molecule has 4 nitrogen and oxygen atoms in total. The fourth-order valence-corrected chi connectivity index (χ4v) is 2.07. The van der Waals surface area contributed by atoms with Gasteiger partial charge in [0.25, 0.3) is 11.8 Å². The second-order valence-electron chi connectivity index (χ2n) is 4.28. The Labute approximate surface area is 115 Å². The molecule has 1 aromatic heterocycles. The van der Waals surface area contributed by atoms with E-state index in [9.17, 15) is 9.59 Å². The molecule has 0 atom stereocenters. The van der Waals surface area contributed by atoms with Crippen LogP contribution in [0.3, 0.4) is 0 Å². The fraction of sp³-hybridized carbons (Fsp3) is 0. The lowest BCUT2D eigenvalue weighted by atomic mass is 9.94. The molecular formula is C16H11NO3. The standard InChI is InChI=1S/C16H11NO3/c18-15-13-8-2-1-7-12(13)14(16(19)17-15)9-3-5-11-6-4-10-20-11/h1-10H,(H,17,18,19)/b5-3+,14-9-. The molecule has 1 N–H and O–H groups in total. The summed E-state index contributed by atoms with van der Waals surface area (Å²) in [5.74, 6) is -0.0574. The molecule has 20 heavy (non-hydrogen) atoms. The van der Waals surface area contributed by atoms with Crippen molar-refractivity contribution < 1.29 is 14.0 Å². The summed E-state index contributed by atoms with van der Waals surface area (Å²) in [6, 6.07) is 10.6. The van der Waals surface area contributed by atoms with Crippen molar-refractivity contribution in [2.75, 3.05) is 0 Å². The molecule has 1 aliphatic rings. The van der Waals surface area contributed by atoms with Crippen molar-refractivity contribution in [2.24, 2.45) is 0 Å². The number of amides is 2. The first-order valence-electron chi connectivity index (χ1n) is 6.12. The van der Waals surface area contributed by atoms with Crippen molar-refractivity contribution in [3.05, 3.63) is 71.7 Å². The highest BCUT2D eigenvalue weighted by Crippen LogP contribution is 2.23. The minimum absolute atomic E-state index is 0.363. The zero-order valence-corrected chi connectivity index (χ0v) is 10.5. The lowest BCUT2D eigenvalue weighted by molar-refractivity contribution is -0.114. The fourth-order valence-electron chi connectivity index (χ4n) is 2.07. The van der Waals surface area contributed by atoms with Gasteiger partial charge in [0, 0.05) is 11.1 Å². The zero-order valence-electron chi connectivity index (χ0n) is 10.5. The van der Waals surface area contributed by atoms with Gasteiger partial charge in [-0.3, -0.25) is 14.9 Å². The zero-order chi connectivity index (χ0) is 13.9. The van der Waals surface area contributed by atoms with E-state index < -0.39 is 5.91 Å². The summed E-state index contributed by atoms with van der Waals surface area (Å²) in [7, 11) is 0. The number of rotatable bonds is 2. The predicted octanol–water partition coefficient (Wildman–Crippen LogP) is 2.65. The maximum atomic E-state index is 11.9. The molecule has 0 spiro atoms. The van der Waals surface area contributed by atoms with E-state index in [1.807, 2.05) is 6.07 Å². The first-order chi connectivity index (χ1) is 9.75. The Balaban J connectivity index is 1.98. The van der Waals surface area contributed by atoms with E-state index >= 15 is 0 Å². The molecule has 98 valence electrons. The largest absolute Gasteiger partial charge is 0.465 e. The van der Waals surface area contributed by atoms with Gasteiger partial charge in [-0.1, -0.05) is 24.3 Å². The third-order valence-electron chi connectivity index (χ3n) is 3.00. The molecular weight excluding hydrogens is 254 g/mol. The third-order valence-corrected chi connectivity index (χ3v) is 3.00. The van der Waals surface area contributed by atoms with Crippen LogP contribution in [0.2, 0.25) is 0 Å². The smallest absolute Gasteiger partial charge is 0.258 e. The van der Waals surface area contributed by atoms with Gasteiger partial charge in [-0.15, -0.1) is 0 Å². The van der Waals surface area contributed by atoms with Crippen LogP contribution in [0.15, 0.2) is 59.2 Å². The molecule has 4 heteroatoms. The molecule has 1 aromatic carbocycles. The first kappa shape index (κ1) is 12.2. The number of benzene rings is 1. The Morgan fingerprint density at radius 3 is 2.50 bits per heavy atom. The Bertz CT molecular complexity index is 724. The van der Waals surface area contributed by atoms with Gasteiger partial charge in [0.1, 0.15) is 5.76 Å². The van der Waals surface area contributed by atoms with Crippen molar-refractivity contribution in [3.8, 4) is 0 Å². The summed E-state index contributed by atoms with van der Waals surface area (Å²) in [5.41, 5.74) is 1.61. The highest BCUT2D eigenvalue weighted by Gasteiger charge is 2.25. The number of allylic oxidation sites excluding steroid dienone is 2. The maximum Gasteiger partial charge on any atom is 0.258 e. The van der Waals surface area contributed by atoms with Gasteiger partial charge in [-0.2, -0.15) is 0 Å². The van der Waals surface area contributed by atoms with Gasteiger partial charge in [0.2, 0.25) is 0 Å². The summed E-state index contributed by atoms with van der Waals surface area (Å²) in [4.78, 5) is 23.6. The average molecular weight is 265 g/mol. The summed E-state index contributed by atoms with van der Waals surface area (Å²) < 4.78 is 5.17. The summed E-state index contributed by atoms with van der Waals surface area (Å²) in [6.45, 7) is 0. The minimum atomic E-state index is -0.391. The van der Waals surface area contributed by atoms with Gasteiger partial charge < -0.3 is 4.42 Å². The molecule has 3 rings (SSSR count). The van der Waals surface area contributed by atoms with Gasteiger partial charge in [-0.25, -0.2) is 0 Å². The van der Waals surface area contributed by atoms with Crippen LogP contribution in [0.5, 0.6) is 0 Å². The molecule has 0 aliphatic carbocycles. The van der Waals surface area contributed by atoms with Crippen LogP contribution in [0.25, 0.3) is 11.6 Å². The summed E-state index contributed by atoms with van der Waals surface area (Å²) in [6.07, 6.45) is 6.72. The van der Waals surface area contributed by atoms with Crippen molar-refractivity contribution in [1.82, 2.24) is 5.32 Å². The van der Waals surface area contributed by atoms with Crippen molar-refractivity contribution in [1.29, 1.82) is 0 Å². The predicted molar refractivity (Wildman–Crippen MR) is 74.6 cm³/mol. The molecule has 0 bridgehead atoms. The van der Waals surface area contributed by atoms with Gasteiger partial charge in [-0.05, 0) is 35.9 Å². The number of carbonyl (C=O) groups excluding carboxylic acids is 2. The van der Waals surface area contributed by atoms with E-state index in [2.05, 4.69) is 5.32 Å². The number of carbonyl (C=O) groups is 2. The van der Waals surface area contributed by atoms with Crippen LogP contribution in [0.4, 0.5) is 0 Å². The molecule has 0 saturated carbocycles. The summed E-state index contributed by atoms with van der Waals surface area (Å²) in [5, 5.41) is 2.33. The van der Waals surface area contributed by atoms with Crippen LogP contribution in [-0.4, -0.2) is 11.8 Å². The van der Waals surface area contributed by atoms with E-state index in [1.54, 1.807) is 54.8 Å². The topological polar surface area (TPSA) is 59.3 Å². The van der Waals surface area contributed by atoms with Crippen molar-refractivity contribution >= 4 is 23.5 Å². The lowest BCUT2D eigenvalue weighted by Crippen LogP contribution is -2.36. The number of fused-ring (bicyclic) bond motifs is 1. The monoisotopic (exact) mass is 265 g/mol. The van der Waals surface area contributed by atoms with E-state index in [-0.39, 0.29) is 5.91 Å². The van der Waals surface area contributed by atoms with E-state index in [4.69, 9.17) is 4.42 Å². The second kappa shape index (κ2) is 5.01. The van der Waals surface area contributed by atoms with Crippen LogP contribution >= 0.6 is 0 Å². The normalized spacial score (nSPS) is 16.5. The highest BCUT2D eigenvalue weighted by molar-refractivity contribution is 6.31. The number of hydrogen-bond donors (Lipinski definition) is 1. The number of nitrogens with one attached hydrogen (secondary N) is 1. The lowest BCUT2D eigenvalue weighted by Gasteiger charge is -2.17. The molecule has 0 unspecified atom stereocenters. The van der Waals surface area contributed by atoms with Crippen molar-refractivity contribution in [3.63, 3.8) is 0 Å². The Hall–Kier alpha value is -2.88. The Kier molecular flexibility index (Phi) is 3.05. The number of furan rings is 1. The highest BCUT2D eigenvalue weighted by atomic mass is 16.3. The van der Waals surface area contributed by atoms with E-state index in [0.717, 1.165) is 0 Å². The Morgan fingerprint density at radius 1 is 0.950 bits per heavy atom. The average Bonchev–Trinajstić information content (AvgIpc) is 2.96. The van der Waals surface area contributed by atoms with E-state index in [1.165, 1.54) is 0 Å².